The van der Waals surface area contributed by atoms with E-state index in [0.29, 0.717) is 5.82 Å². The first-order chi connectivity index (χ1) is 8.74. The average Bonchev–Trinajstić information content (AvgIpc) is 2.68. The molecular formula is C15H15N3. The van der Waals surface area contributed by atoms with Crippen molar-refractivity contribution in [3.63, 3.8) is 0 Å². The zero-order valence-electron chi connectivity index (χ0n) is 10.3. The lowest BCUT2D eigenvalue weighted by Crippen LogP contribution is -2.04. The van der Waals surface area contributed by atoms with Crippen molar-refractivity contribution in [3.05, 3.63) is 59.8 Å². The van der Waals surface area contributed by atoms with E-state index in [0.717, 1.165) is 12.2 Å². The van der Waals surface area contributed by atoms with Crippen LogP contribution in [0, 0.1) is 6.92 Å². The van der Waals surface area contributed by atoms with Gasteiger partial charge in [-0.3, -0.25) is 4.68 Å². The van der Waals surface area contributed by atoms with E-state index in [1.807, 2.05) is 17.7 Å². The van der Waals surface area contributed by atoms with Crippen molar-refractivity contribution in [1.29, 1.82) is 0 Å². The summed E-state index contributed by atoms with van der Waals surface area (Å²) in [7, 11) is 0. The third-order valence-electron chi connectivity index (χ3n) is 3.20. The maximum Gasteiger partial charge on any atom is 0.145 e. The van der Waals surface area contributed by atoms with Gasteiger partial charge in [0.2, 0.25) is 0 Å². The minimum absolute atomic E-state index is 0.577. The number of nitrogens with two attached hydrogens (primary N) is 1. The van der Waals surface area contributed by atoms with Crippen molar-refractivity contribution in [3.8, 4) is 0 Å². The van der Waals surface area contributed by atoms with Crippen molar-refractivity contribution < 1.29 is 0 Å². The SMILES string of the molecule is Cc1cc(N)nn1Cc1cccc2ccccc12. The van der Waals surface area contributed by atoms with Crippen molar-refractivity contribution >= 4 is 16.6 Å². The lowest BCUT2D eigenvalue weighted by atomic mass is 10.0. The Balaban J connectivity index is 2.07. The fraction of sp³-hybridized carbons (Fsp3) is 0.133. The minimum atomic E-state index is 0.577. The Morgan fingerprint density at radius 3 is 2.67 bits per heavy atom. The molecule has 2 aromatic carbocycles. The maximum absolute atomic E-state index is 5.71. The van der Waals surface area contributed by atoms with E-state index in [9.17, 15) is 0 Å². The lowest BCUT2D eigenvalue weighted by Gasteiger charge is -2.08. The average molecular weight is 237 g/mol. The number of rotatable bonds is 2. The zero-order chi connectivity index (χ0) is 12.5. The van der Waals surface area contributed by atoms with E-state index in [1.165, 1.54) is 16.3 Å². The molecule has 1 aromatic heterocycles. The number of anilines is 1. The summed E-state index contributed by atoms with van der Waals surface area (Å²) in [6.45, 7) is 2.78. The second-order valence-corrected chi connectivity index (χ2v) is 4.51. The summed E-state index contributed by atoms with van der Waals surface area (Å²) in [5, 5.41) is 6.84. The zero-order valence-corrected chi connectivity index (χ0v) is 10.3. The van der Waals surface area contributed by atoms with E-state index in [1.54, 1.807) is 0 Å². The predicted molar refractivity (Wildman–Crippen MR) is 74.4 cm³/mol. The molecule has 18 heavy (non-hydrogen) atoms. The first-order valence-electron chi connectivity index (χ1n) is 6.00. The second-order valence-electron chi connectivity index (χ2n) is 4.51. The summed E-state index contributed by atoms with van der Waals surface area (Å²) in [5.41, 5.74) is 8.06. The summed E-state index contributed by atoms with van der Waals surface area (Å²) in [5.74, 6) is 0.577. The Hall–Kier alpha value is -2.29. The Kier molecular flexibility index (Phi) is 2.52. The predicted octanol–water partition coefficient (Wildman–Crippen LogP) is 2.98. The number of nitrogens with zero attached hydrogens (tertiary/aromatic N) is 2. The van der Waals surface area contributed by atoms with E-state index in [2.05, 4.69) is 47.6 Å². The van der Waals surface area contributed by atoms with Crippen LogP contribution in [0.5, 0.6) is 0 Å². The van der Waals surface area contributed by atoms with Crippen LogP contribution in [-0.2, 0) is 6.54 Å². The van der Waals surface area contributed by atoms with Crippen LogP contribution in [-0.4, -0.2) is 9.78 Å². The quantitative estimate of drug-likeness (QED) is 0.744. The van der Waals surface area contributed by atoms with Gasteiger partial charge in [-0.15, -0.1) is 0 Å². The fourth-order valence-electron chi connectivity index (χ4n) is 2.29. The van der Waals surface area contributed by atoms with Gasteiger partial charge in [-0.05, 0) is 23.3 Å². The van der Waals surface area contributed by atoms with Crippen LogP contribution in [0.3, 0.4) is 0 Å². The fourth-order valence-corrected chi connectivity index (χ4v) is 2.29. The van der Waals surface area contributed by atoms with E-state index in [-0.39, 0.29) is 0 Å². The highest BCUT2D eigenvalue weighted by molar-refractivity contribution is 5.85. The Morgan fingerprint density at radius 1 is 1.11 bits per heavy atom. The van der Waals surface area contributed by atoms with Gasteiger partial charge in [0.15, 0.2) is 0 Å². The number of hydrogen-bond donors (Lipinski definition) is 1. The molecule has 1 heterocycles. The van der Waals surface area contributed by atoms with Gasteiger partial charge in [-0.1, -0.05) is 42.5 Å². The van der Waals surface area contributed by atoms with Gasteiger partial charge in [-0.25, -0.2) is 0 Å². The molecule has 0 spiro atoms. The van der Waals surface area contributed by atoms with Gasteiger partial charge in [0, 0.05) is 11.8 Å². The van der Waals surface area contributed by atoms with E-state index >= 15 is 0 Å². The summed E-state index contributed by atoms with van der Waals surface area (Å²) in [4.78, 5) is 0. The maximum atomic E-state index is 5.71. The topological polar surface area (TPSA) is 43.8 Å². The van der Waals surface area contributed by atoms with Crippen LogP contribution in [0.2, 0.25) is 0 Å². The van der Waals surface area contributed by atoms with Gasteiger partial charge in [0.05, 0.1) is 6.54 Å². The smallest absolute Gasteiger partial charge is 0.145 e. The van der Waals surface area contributed by atoms with Crippen LogP contribution >= 0.6 is 0 Å². The summed E-state index contributed by atoms with van der Waals surface area (Å²) >= 11 is 0. The molecule has 0 aliphatic rings. The third-order valence-corrected chi connectivity index (χ3v) is 3.20. The number of hydrogen-bond acceptors (Lipinski definition) is 2. The van der Waals surface area contributed by atoms with Crippen LogP contribution < -0.4 is 5.73 Å². The van der Waals surface area contributed by atoms with Crippen molar-refractivity contribution in [2.45, 2.75) is 13.5 Å². The summed E-state index contributed by atoms with van der Waals surface area (Å²) in [6.07, 6.45) is 0. The van der Waals surface area contributed by atoms with Crippen molar-refractivity contribution in [1.82, 2.24) is 9.78 Å². The molecule has 0 aliphatic heterocycles. The molecule has 0 amide bonds. The van der Waals surface area contributed by atoms with Gasteiger partial charge in [0.1, 0.15) is 5.82 Å². The molecule has 90 valence electrons. The Morgan fingerprint density at radius 2 is 1.89 bits per heavy atom. The van der Waals surface area contributed by atoms with E-state index < -0.39 is 0 Å². The largest absolute Gasteiger partial charge is 0.382 e. The summed E-state index contributed by atoms with van der Waals surface area (Å²) in [6, 6.07) is 16.6. The third kappa shape index (κ3) is 1.84. The van der Waals surface area contributed by atoms with Crippen LogP contribution in [0.1, 0.15) is 11.3 Å². The molecule has 0 unspecified atom stereocenters. The van der Waals surface area contributed by atoms with Gasteiger partial charge >= 0.3 is 0 Å². The monoisotopic (exact) mass is 237 g/mol. The Bertz CT molecular complexity index is 693. The van der Waals surface area contributed by atoms with Crippen molar-refractivity contribution in [2.75, 3.05) is 5.73 Å². The second kappa shape index (κ2) is 4.18. The first kappa shape index (κ1) is 10.8. The number of aryl methyl sites for hydroxylation is 1. The molecule has 0 bridgehead atoms. The molecule has 0 aliphatic carbocycles. The number of benzene rings is 2. The van der Waals surface area contributed by atoms with Gasteiger partial charge in [-0.2, -0.15) is 5.10 Å². The first-order valence-corrected chi connectivity index (χ1v) is 6.00. The highest BCUT2D eigenvalue weighted by Crippen LogP contribution is 2.20. The lowest BCUT2D eigenvalue weighted by molar-refractivity contribution is 0.671. The van der Waals surface area contributed by atoms with Crippen LogP contribution in [0.25, 0.3) is 10.8 Å². The molecule has 3 heteroatoms. The molecule has 2 N–H and O–H groups in total. The number of fused-ring (bicyclic) bond motifs is 1. The normalized spacial score (nSPS) is 10.9. The van der Waals surface area contributed by atoms with Crippen molar-refractivity contribution in [2.24, 2.45) is 0 Å². The Labute approximate surface area is 106 Å². The molecule has 3 rings (SSSR count). The number of aromatic nitrogens is 2. The molecule has 0 atom stereocenters. The van der Waals surface area contributed by atoms with E-state index in [4.69, 9.17) is 5.73 Å². The highest BCUT2D eigenvalue weighted by atomic mass is 15.3. The standard InChI is InChI=1S/C15H15N3/c1-11-9-15(16)17-18(11)10-13-7-4-6-12-5-2-3-8-14(12)13/h2-9H,10H2,1H3,(H2,16,17). The van der Waals surface area contributed by atoms with Gasteiger partial charge < -0.3 is 5.73 Å². The minimum Gasteiger partial charge on any atom is -0.382 e. The summed E-state index contributed by atoms with van der Waals surface area (Å²) < 4.78 is 1.94. The molecule has 3 nitrogen and oxygen atoms in total. The molecule has 0 radical (unpaired) electrons. The van der Waals surface area contributed by atoms with Gasteiger partial charge in [0.25, 0.3) is 0 Å². The molecule has 0 saturated carbocycles. The van der Waals surface area contributed by atoms with Crippen LogP contribution in [0.15, 0.2) is 48.5 Å². The molecular weight excluding hydrogens is 222 g/mol. The molecule has 0 fully saturated rings. The number of nitrogen functional groups attached to an aromatic ring is 1. The highest BCUT2D eigenvalue weighted by Gasteiger charge is 2.05. The molecule has 3 aromatic rings. The van der Waals surface area contributed by atoms with Crippen LogP contribution in [0.4, 0.5) is 5.82 Å². The molecule has 0 saturated heterocycles.